The molecule has 2 aromatic carbocycles. The molecule has 2 aromatic heterocycles. The van der Waals surface area contributed by atoms with Gasteiger partial charge in [0, 0.05) is 68.3 Å². The molecular weight excluding hydrogens is 763 g/mol. The van der Waals surface area contributed by atoms with E-state index in [-0.39, 0.29) is 42.7 Å². The summed E-state index contributed by atoms with van der Waals surface area (Å²) in [5, 5.41) is 19.6. The predicted octanol–water partition coefficient (Wildman–Crippen LogP) is 4.91. The van der Waals surface area contributed by atoms with Crippen molar-refractivity contribution in [2.24, 2.45) is 11.3 Å². The van der Waals surface area contributed by atoms with Gasteiger partial charge in [-0.3, -0.25) is 29.2 Å². The van der Waals surface area contributed by atoms with E-state index in [0.29, 0.717) is 44.5 Å². The number of nitrogens with one attached hydrogen (secondary N) is 3. The molecule has 6 bridgehead atoms. The molecule has 0 saturated carbocycles. The minimum Gasteiger partial charge on any atom is -0.508 e. The third-order valence-corrected chi connectivity index (χ3v) is 12.1. The molecule has 60 heavy (non-hydrogen) atoms. The molecule has 0 aliphatic carbocycles. The zero-order valence-electron chi connectivity index (χ0n) is 36.0. The smallest absolute Gasteiger partial charge is 0.324 e. The number of amides is 3. The molecule has 4 N–H and O–H groups in total. The van der Waals surface area contributed by atoms with E-state index >= 15 is 0 Å². The van der Waals surface area contributed by atoms with E-state index in [1.807, 2.05) is 39.0 Å². The molecule has 5 atom stereocenters. The average Bonchev–Trinajstić information content (AvgIpc) is 4.04. The van der Waals surface area contributed by atoms with Gasteiger partial charge in [0.25, 0.3) is 5.91 Å². The number of nitrogens with zero attached hydrogens (tertiary/aromatic N) is 4. The van der Waals surface area contributed by atoms with E-state index in [2.05, 4.69) is 59.6 Å². The Hall–Kier alpha value is -5.31. The van der Waals surface area contributed by atoms with Crippen molar-refractivity contribution in [1.29, 1.82) is 0 Å². The summed E-state index contributed by atoms with van der Waals surface area (Å²) in [6.45, 7) is 13.7. The number of aryl methyl sites for hydroxylation is 1. The van der Waals surface area contributed by atoms with Crippen LogP contribution in [0.3, 0.4) is 0 Å². The average molecular weight is 822 g/mol. The topological polar surface area (TPSA) is 177 Å². The lowest BCUT2D eigenvalue weighted by Gasteiger charge is -2.36. The number of phenolic OH excluding ortho intramolecular Hbond substituents is 1. The number of ether oxygens (including phenoxy) is 2. The van der Waals surface area contributed by atoms with E-state index in [1.54, 1.807) is 32.5 Å². The lowest BCUT2D eigenvalue weighted by atomic mass is 9.84. The van der Waals surface area contributed by atoms with Gasteiger partial charge in [0.1, 0.15) is 23.9 Å². The Bertz CT molecular complexity index is 2280. The summed E-state index contributed by atoms with van der Waals surface area (Å²) in [5.74, 6) is -1.81. The third-order valence-electron chi connectivity index (χ3n) is 12.1. The molecular formula is C46H59N7O7. The summed E-state index contributed by atoms with van der Waals surface area (Å²) < 4.78 is 14.2. The van der Waals surface area contributed by atoms with Gasteiger partial charge in [0.15, 0.2) is 0 Å². The van der Waals surface area contributed by atoms with Gasteiger partial charge in [-0.15, -0.1) is 0 Å². The number of esters is 1. The number of hydrogen-bond acceptors (Lipinski definition) is 10. The summed E-state index contributed by atoms with van der Waals surface area (Å²) in [4.78, 5) is 61.9. The van der Waals surface area contributed by atoms with E-state index < -0.39 is 41.3 Å². The summed E-state index contributed by atoms with van der Waals surface area (Å²) in [5.41, 5.74) is 9.69. The number of carbonyl (C=O) groups is 4. The minimum atomic E-state index is -1.10. The highest BCUT2D eigenvalue weighted by Gasteiger charge is 2.40. The summed E-state index contributed by atoms with van der Waals surface area (Å²) in [7, 11) is 3.29. The van der Waals surface area contributed by atoms with Gasteiger partial charge in [-0.25, -0.2) is 5.43 Å². The first-order chi connectivity index (χ1) is 28.6. The van der Waals surface area contributed by atoms with E-state index in [9.17, 15) is 24.3 Å². The molecule has 14 nitrogen and oxygen atoms in total. The Morgan fingerprint density at radius 1 is 1.12 bits per heavy atom. The van der Waals surface area contributed by atoms with Crippen LogP contribution in [0.25, 0.3) is 33.3 Å². The van der Waals surface area contributed by atoms with Crippen molar-refractivity contribution in [3.05, 3.63) is 71.5 Å². The third kappa shape index (κ3) is 8.77. The van der Waals surface area contributed by atoms with Crippen LogP contribution in [0.5, 0.6) is 5.75 Å². The highest BCUT2D eigenvalue weighted by molar-refractivity contribution is 5.96. The molecule has 0 radical (unpaired) electrons. The van der Waals surface area contributed by atoms with Gasteiger partial charge in [-0.2, -0.15) is 0 Å². The fourth-order valence-corrected chi connectivity index (χ4v) is 8.87. The van der Waals surface area contributed by atoms with Gasteiger partial charge in [0.05, 0.1) is 30.1 Å². The van der Waals surface area contributed by atoms with Crippen LogP contribution in [0.4, 0.5) is 0 Å². The number of aromatic nitrogens is 2. The van der Waals surface area contributed by atoms with Crippen LogP contribution in [-0.2, 0) is 48.0 Å². The van der Waals surface area contributed by atoms with Crippen LogP contribution in [0.2, 0.25) is 0 Å². The van der Waals surface area contributed by atoms with E-state index in [0.717, 1.165) is 44.5 Å². The first kappa shape index (κ1) is 42.8. The normalized spacial score (nSPS) is 21.6. The lowest BCUT2D eigenvalue weighted by molar-refractivity contribution is -0.155. The van der Waals surface area contributed by atoms with Crippen LogP contribution in [0.15, 0.2) is 54.7 Å². The summed E-state index contributed by atoms with van der Waals surface area (Å²) in [6, 6.07) is 12.5. The maximum Gasteiger partial charge on any atom is 0.324 e. The molecule has 320 valence electrons. The predicted molar refractivity (Wildman–Crippen MR) is 229 cm³/mol. The molecule has 3 aliphatic rings. The number of rotatable bonds is 9. The quantitative estimate of drug-likeness (QED) is 0.134. The molecule has 3 amide bonds. The first-order valence-corrected chi connectivity index (χ1v) is 21.1. The van der Waals surface area contributed by atoms with Gasteiger partial charge in [-0.05, 0) is 97.7 Å². The number of likely N-dealkylation sites (N-methyl/N-ethyl adjacent to an activating group) is 1. The van der Waals surface area contributed by atoms with Crippen molar-refractivity contribution >= 4 is 34.6 Å². The number of cyclic esters (lactones) is 1. The zero-order valence-corrected chi connectivity index (χ0v) is 36.0. The second-order valence-electron chi connectivity index (χ2n) is 17.6. The molecule has 14 heteroatoms. The molecule has 0 spiro atoms. The fraction of sp³-hybridized carbons (Fsp3) is 0.500. The number of methoxy groups -OCH3 is 1. The zero-order chi connectivity index (χ0) is 43.0. The largest absolute Gasteiger partial charge is 0.508 e. The van der Waals surface area contributed by atoms with Gasteiger partial charge in [-0.1, -0.05) is 39.8 Å². The monoisotopic (exact) mass is 821 g/mol. The number of hydrazine groups is 1. The highest BCUT2D eigenvalue weighted by atomic mass is 16.5. The van der Waals surface area contributed by atoms with Crippen molar-refractivity contribution in [3.8, 4) is 28.1 Å². The van der Waals surface area contributed by atoms with Gasteiger partial charge >= 0.3 is 5.97 Å². The van der Waals surface area contributed by atoms with E-state index in [4.69, 9.17) is 14.5 Å². The molecule has 3 aliphatic heterocycles. The molecule has 2 saturated heterocycles. The number of benzene rings is 2. The number of carbonyl (C=O) groups excluding carboxylic acids is 4. The SMILES string of the molecule is CCn1c(-c2cccnc2[C@H](C)OC)c2c3cc(ccc31)-c1cc(O)cc(c1)C[C@H](NC(=O)C(C(C)C)N(C)C(=O)[C@@H]1CN1)C(=O)N1CCC[C@H](N1)C(=O)OCC(C)(C)C2. The van der Waals surface area contributed by atoms with Crippen molar-refractivity contribution in [2.45, 2.75) is 104 Å². The first-order valence-electron chi connectivity index (χ1n) is 21.1. The maximum absolute atomic E-state index is 14.5. The standard InChI is InChI=1S/C46H59N7O7/c1-9-52-38-15-14-29-22-33(38)34(41(52)32-12-10-16-47-39(32)27(4)59-8)23-46(5,6)25-60-45(58)35-13-11-17-53(50-35)44(57)36(20-28-18-30(29)21-31(54)19-28)49-42(55)40(26(2)3)51(7)43(56)37-24-48-37/h10,12,14-16,18-19,21-22,26-27,35-37,40,48,50,54H,9,11,13,17,20,23-25H2,1-8H3,(H,49,55)/t27-,35-,36-,37-,40?/m0/s1. The number of aromatic hydroxyl groups is 1. The Kier molecular flexibility index (Phi) is 12.4. The maximum atomic E-state index is 14.5. The molecule has 1 unspecified atom stereocenters. The number of hydrogen-bond donors (Lipinski definition) is 4. The second-order valence-corrected chi connectivity index (χ2v) is 17.6. The van der Waals surface area contributed by atoms with Crippen LogP contribution in [0.1, 0.15) is 77.3 Å². The summed E-state index contributed by atoms with van der Waals surface area (Å²) in [6.07, 6.45) is 3.10. The second kappa shape index (κ2) is 17.3. The van der Waals surface area contributed by atoms with Crippen LogP contribution < -0.4 is 16.1 Å². The van der Waals surface area contributed by atoms with Crippen molar-refractivity contribution in [1.82, 2.24) is 35.5 Å². The fourth-order valence-electron chi connectivity index (χ4n) is 8.87. The van der Waals surface area contributed by atoms with Gasteiger partial charge < -0.3 is 34.7 Å². The van der Waals surface area contributed by atoms with Gasteiger partial charge in [0.2, 0.25) is 11.8 Å². The molecule has 4 aromatic rings. The number of phenols is 1. The number of fused-ring (bicyclic) bond motifs is 6. The number of pyridine rings is 1. The highest BCUT2D eigenvalue weighted by Crippen LogP contribution is 2.42. The summed E-state index contributed by atoms with van der Waals surface area (Å²) >= 11 is 0. The Morgan fingerprint density at radius 3 is 2.58 bits per heavy atom. The molecule has 5 heterocycles. The van der Waals surface area contributed by atoms with Crippen LogP contribution >= 0.6 is 0 Å². The Balaban J connectivity index is 1.36. The van der Waals surface area contributed by atoms with Crippen molar-refractivity contribution in [3.63, 3.8) is 0 Å². The van der Waals surface area contributed by atoms with Crippen molar-refractivity contribution < 1.29 is 33.8 Å². The van der Waals surface area contributed by atoms with Crippen LogP contribution in [-0.4, -0.2) is 106 Å². The minimum absolute atomic E-state index is 0.0116. The van der Waals surface area contributed by atoms with E-state index in [1.165, 1.54) is 9.91 Å². The Labute approximate surface area is 352 Å². The molecule has 2 fully saturated rings. The van der Waals surface area contributed by atoms with Crippen LogP contribution in [0, 0.1) is 11.3 Å². The Morgan fingerprint density at radius 2 is 1.88 bits per heavy atom. The van der Waals surface area contributed by atoms with Crippen molar-refractivity contribution in [2.75, 3.05) is 33.9 Å². The lowest BCUT2D eigenvalue weighted by Crippen LogP contribution is -2.62. The molecule has 7 rings (SSSR count).